The highest BCUT2D eigenvalue weighted by molar-refractivity contribution is 5.76. The van der Waals surface area contributed by atoms with Crippen molar-refractivity contribution in [2.45, 2.75) is 65.7 Å². The van der Waals surface area contributed by atoms with E-state index in [9.17, 15) is 4.79 Å². The second kappa shape index (κ2) is 12.0. The molecule has 1 aromatic carbocycles. The smallest absolute Gasteiger partial charge is 0.275 e. The molecule has 0 aromatic heterocycles. The minimum absolute atomic E-state index is 0.164. The zero-order chi connectivity index (χ0) is 20.3. The van der Waals surface area contributed by atoms with Crippen LogP contribution in [0, 0.1) is 6.92 Å². The molecule has 4 heteroatoms. The van der Waals surface area contributed by atoms with Gasteiger partial charge >= 0.3 is 0 Å². The number of nitrogens with zero attached hydrogens (tertiary/aromatic N) is 1. The molecule has 154 valence electrons. The molecule has 0 atom stereocenters. The number of rotatable bonds is 13. The molecule has 0 saturated carbocycles. The molecule has 1 rings (SSSR count). The molecule has 0 radical (unpaired) electrons. The highest BCUT2D eigenvalue weighted by Gasteiger charge is 2.19. The van der Waals surface area contributed by atoms with Gasteiger partial charge in [0, 0.05) is 6.54 Å². The highest BCUT2D eigenvalue weighted by atomic mass is 16.5. The van der Waals surface area contributed by atoms with Crippen LogP contribution in [0.25, 0.3) is 0 Å². The minimum atomic E-state index is 0.164. The van der Waals surface area contributed by atoms with Crippen molar-refractivity contribution in [3.63, 3.8) is 0 Å². The molecule has 0 unspecified atom stereocenters. The number of unbranched alkanes of at least 4 members (excludes halogenated alkanes) is 3. The van der Waals surface area contributed by atoms with E-state index < -0.39 is 0 Å². The van der Waals surface area contributed by atoms with Crippen LogP contribution in [0.3, 0.4) is 0 Å². The number of hydrogen-bond acceptors (Lipinski definition) is 2. The van der Waals surface area contributed by atoms with Crippen molar-refractivity contribution >= 4 is 5.91 Å². The van der Waals surface area contributed by atoms with Gasteiger partial charge in [-0.1, -0.05) is 39.3 Å². The van der Waals surface area contributed by atoms with Crippen molar-refractivity contribution in [1.29, 1.82) is 0 Å². The van der Waals surface area contributed by atoms with Crippen molar-refractivity contribution in [2.24, 2.45) is 0 Å². The third-order valence-corrected chi connectivity index (χ3v) is 4.88. The van der Waals surface area contributed by atoms with Gasteiger partial charge in [-0.05, 0) is 55.7 Å². The van der Waals surface area contributed by atoms with Crippen LogP contribution in [0.5, 0.6) is 5.75 Å². The average Bonchev–Trinajstić information content (AvgIpc) is 2.57. The zero-order valence-corrected chi connectivity index (χ0v) is 18.4. The molecule has 1 amide bonds. The lowest BCUT2D eigenvalue weighted by molar-refractivity contribution is -0.882. The van der Waals surface area contributed by atoms with E-state index in [1.165, 1.54) is 11.1 Å². The van der Waals surface area contributed by atoms with Gasteiger partial charge < -0.3 is 14.5 Å². The summed E-state index contributed by atoms with van der Waals surface area (Å²) in [7, 11) is 4.27. The van der Waals surface area contributed by atoms with Gasteiger partial charge in [0.15, 0.2) is 6.54 Å². The topological polar surface area (TPSA) is 38.3 Å². The molecular formula is C23H41N2O2+. The van der Waals surface area contributed by atoms with Gasteiger partial charge in [-0.15, -0.1) is 0 Å². The number of benzene rings is 1. The molecule has 0 spiro atoms. The molecule has 1 N–H and O–H groups in total. The van der Waals surface area contributed by atoms with Gasteiger partial charge in [0.25, 0.3) is 5.91 Å². The Balaban J connectivity index is 2.26. The number of carbonyl (C=O) groups excluding carboxylic acids is 1. The van der Waals surface area contributed by atoms with E-state index in [0.717, 1.165) is 62.0 Å². The van der Waals surface area contributed by atoms with Crippen molar-refractivity contribution in [3.05, 3.63) is 29.3 Å². The lowest BCUT2D eigenvalue weighted by atomic mass is 10.0. The van der Waals surface area contributed by atoms with Crippen molar-refractivity contribution in [1.82, 2.24) is 5.32 Å². The first-order chi connectivity index (χ1) is 12.7. The summed E-state index contributed by atoms with van der Waals surface area (Å²) in [6.45, 7) is 11.8. The second-order valence-corrected chi connectivity index (χ2v) is 8.63. The summed E-state index contributed by atoms with van der Waals surface area (Å²) in [6, 6.07) is 6.48. The number of amides is 1. The summed E-state index contributed by atoms with van der Waals surface area (Å²) >= 11 is 0. The SMILES string of the molecule is CCCCNC(=O)C[N+](C)(C)CCCCCOc1cc(C)ccc1C(C)C. The van der Waals surface area contributed by atoms with Crippen LogP contribution < -0.4 is 10.1 Å². The Hall–Kier alpha value is -1.55. The number of quaternary nitrogens is 1. The van der Waals surface area contributed by atoms with E-state index in [2.05, 4.69) is 65.3 Å². The Bertz CT molecular complexity index is 567. The Morgan fingerprint density at radius 3 is 2.56 bits per heavy atom. The molecule has 0 saturated heterocycles. The van der Waals surface area contributed by atoms with E-state index in [-0.39, 0.29) is 5.91 Å². The molecular weight excluding hydrogens is 336 g/mol. The van der Waals surface area contributed by atoms with E-state index in [1.54, 1.807) is 0 Å². The second-order valence-electron chi connectivity index (χ2n) is 8.63. The third-order valence-electron chi connectivity index (χ3n) is 4.88. The van der Waals surface area contributed by atoms with E-state index in [0.29, 0.717) is 12.5 Å². The molecule has 0 bridgehead atoms. The van der Waals surface area contributed by atoms with Crippen LogP contribution in [-0.2, 0) is 4.79 Å². The van der Waals surface area contributed by atoms with E-state index in [4.69, 9.17) is 4.74 Å². The third kappa shape index (κ3) is 9.81. The van der Waals surface area contributed by atoms with Crippen LogP contribution in [0.1, 0.15) is 69.9 Å². The Kier molecular flexibility index (Phi) is 10.5. The molecule has 0 heterocycles. The maximum atomic E-state index is 12.0. The maximum Gasteiger partial charge on any atom is 0.275 e. The number of carbonyl (C=O) groups is 1. The van der Waals surface area contributed by atoms with Gasteiger partial charge in [-0.25, -0.2) is 0 Å². The van der Waals surface area contributed by atoms with Crippen LogP contribution in [0.2, 0.25) is 0 Å². The summed E-state index contributed by atoms with van der Waals surface area (Å²) in [6.07, 6.45) is 5.46. The Labute approximate surface area is 166 Å². The first-order valence-corrected chi connectivity index (χ1v) is 10.6. The van der Waals surface area contributed by atoms with Crippen LogP contribution in [0.4, 0.5) is 0 Å². The van der Waals surface area contributed by atoms with E-state index >= 15 is 0 Å². The van der Waals surface area contributed by atoms with Crippen molar-refractivity contribution < 1.29 is 14.0 Å². The quantitative estimate of drug-likeness (QED) is 0.401. The molecule has 0 fully saturated rings. The monoisotopic (exact) mass is 377 g/mol. The Morgan fingerprint density at radius 2 is 1.89 bits per heavy atom. The van der Waals surface area contributed by atoms with Crippen LogP contribution in [0.15, 0.2) is 18.2 Å². The summed E-state index contributed by atoms with van der Waals surface area (Å²) in [5.41, 5.74) is 2.53. The molecule has 0 aliphatic heterocycles. The molecule has 0 aliphatic carbocycles. The summed E-state index contributed by atoms with van der Waals surface area (Å²) < 4.78 is 6.81. The van der Waals surface area contributed by atoms with Crippen molar-refractivity contribution in [3.8, 4) is 5.75 Å². The lowest BCUT2D eigenvalue weighted by Crippen LogP contribution is -2.48. The Morgan fingerprint density at radius 1 is 1.15 bits per heavy atom. The number of hydrogen-bond donors (Lipinski definition) is 1. The molecule has 0 aliphatic rings. The highest BCUT2D eigenvalue weighted by Crippen LogP contribution is 2.27. The van der Waals surface area contributed by atoms with Gasteiger partial charge in [0.1, 0.15) is 5.75 Å². The first kappa shape index (κ1) is 23.5. The standard InChI is InChI=1S/C23H40N2O2/c1-7-8-14-24-23(26)18-25(5,6)15-10-9-11-16-27-22-17-20(4)12-13-21(22)19(2)3/h12-13,17,19H,7-11,14-16,18H2,1-6H3/p+1. The predicted molar refractivity (Wildman–Crippen MR) is 114 cm³/mol. The maximum absolute atomic E-state index is 12.0. The summed E-state index contributed by atoms with van der Waals surface area (Å²) in [5.74, 6) is 1.67. The fourth-order valence-corrected chi connectivity index (χ4v) is 3.17. The number of nitrogens with one attached hydrogen (secondary N) is 1. The predicted octanol–water partition coefficient (Wildman–Crippen LogP) is 4.66. The minimum Gasteiger partial charge on any atom is -0.493 e. The normalized spacial score (nSPS) is 11.7. The van der Waals surface area contributed by atoms with Gasteiger partial charge in [0.2, 0.25) is 0 Å². The largest absolute Gasteiger partial charge is 0.493 e. The van der Waals surface area contributed by atoms with Crippen LogP contribution in [-0.4, -0.2) is 50.7 Å². The van der Waals surface area contributed by atoms with E-state index in [1.807, 2.05) is 0 Å². The first-order valence-electron chi connectivity index (χ1n) is 10.6. The molecule has 1 aromatic rings. The number of aryl methyl sites for hydroxylation is 1. The van der Waals surface area contributed by atoms with Gasteiger partial charge in [-0.3, -0.25) is 4.79 Å². The molecule has 27 heavy (non-hydrogen) atoms. The average molecular weight is 378 g/mol. The van der Waals surface area contributed by atoms with Gasteiger partial charge in [-0.2, -0.15) is 0 Å². The van der Waals surface area contributed by atoms with Crippen molar-refractivity contribution in [2.75, 3.05) is 40.3 Å². The summed E-state index contributed by atoms with van der Waals surface area (Å²) in [5, 5.41) is 3.01. The zero-order valence-electron chi connectivity index (χ0n) is 18.4. The lowest BCUT2D eigenvalue weighted by Gasteiger charge is -2.29. The molecule has 4 nitrogen and oxygen atoms in total. The summed E-state index contributed by atoms with van der Waals surface area (Å²) in [4.78, 5) is 12.0. The fourth-order valence-electron chi connectivity index (χ4n) is 3.17. The van der Waals surface area contributed by atoms with Crippen LogP contribution >= 0.6 is 0 Å². The fraction of sp³-hybridized carbons (Fsp3) is 0.696. The number of likely N-dealkylation sites (N-methyl/N-ethyl adjacent to an activating group) is 1. The van der Waals surface area contributed by atoms with Gasteiger partial charge in [0.05, 0.1) is 27.2 Å². The number of ether oxygens (including phenoxy) is 1.